The van der Waals surface area contributed by atoms with Crippen molar-refractivity contribution in [2.75, 3.05) is 14.2 Å². The molecule has 4 nitrogen and oxygen atoms in total. The lowest BCUT2D eigenvalue weighted by atomic mass is 9.97. The largest absolute Gasteiger partial charge is 0.414 e. The zero-order valence-electron chi connectivity index (χ0n) is 24.8. The summed E-state index contributed by atoms with van der Waals surface area (Å²) < 4.78 is 308. The molecule has 0 aliphatic heterocycles. The molecule has 24 heteroatoms. The molecule has 4 rings (SSSR count). The van der Waals surface area contributed by atoms with Crippen LogP contribution < -0.4 is 0 Å². The monoisotopic (exact) mass is 800 g/mol. The summed E-state index contributed by atoms with van der Waals surface area (Å²) in [5, 5.41) is 0. The fourth-order valence-corrected chi connectivity index (χ4v) is 4.52. The number of hydrogen-bond donors (Lipinski definition) is 0. The van der Waals surface area contributed by atoms with Gasteiger partial charge in [-0.1, -0.05) is 0 Å². The van der Waals surface area contributed by atoms with Crippen LogP contribution in [0, 0.1) is 116 Å². The molecule has 53 heavy (non-hydrogen) atoms. The van der Waals surface area contributed by atoms with Crippen LogP contribution >= 0.6 is 0 Å². The van der Waals surface area contributed by atoms with Gasteiger partial charge >= 0.3 is 6.16 Å². The first-order chi connectivity index (χ1) is 24.5. The second kappa shape index (κ2) is 14.6. The Bertz CT molecular complexity index is 1750. The van der Waals surface area contributed by atoms with Crippen molar-refractivity contribution < 1.29 is 107 Å². The van der Waals surface area contributed by atoms with Crippen molar-refractivity contribution in [3.05, 3.63) is 139 Å². The van der Waals surface area contributed by atoms with Crippen molar-refractivity contribution >= 4 is 0 Å². The number of rotatable bonds is 10. The second-order valence-corrected chi connectivity index (χ2v) is 9.84. The first kappa shape index (κ1) is 41.1. The van der Waals surface area contributed by atoms with Crippen molar-refractivity contribution in [1.29, 1.82) is 0 Å². The normalized spacial score (nSPS) is 12.2. The fraction of sp³-hybridized carbons (Fsp3) is 0.172. The third-order valence-electron chi connectivity index (χ3n) is 7.05. The van der Waals surface area contributed by atoms with E-state index in [1.807, 2.05) is 0 Å². The Labute approximate surface area is 278 Å². The van der Waals surface area contributed by atoms with Gasteiger partial charge in [0.2, 0.25) is 23.3 Å². The molecule has 0 radical (unpaired) electrons. The molecule has 4 aromatic carbocycles. The van der Waals surface area contributed by atoms with Gasteiger partial charge in [-0.3, -0.25) is 9.47 Å². The molecule has 0 fully saturated rings. The summed E-state index contributed by atoms with van der Waals surface area (Å²) in [5.74, 6) is -62.4. The minimum Gasteiger partial charge on any atom is -0.307 e. The maximum atomic E-state index is 15.1. The quantitative estimate of drug-likeness (QED) is 0.0694. The third kappa shape index (κ3) is 6.39. The third-order valence-corrected chi connectivity index (χ3v) is 7.05. The van der Waals surface area contributed by atoms with Crippen molar-refractivity contribution in [1.82, 2.24) is 0 Å². The van der Waals surface area contributed by atoms with Gasteiger partial charge in [-0.2, -0.15) is 0 Å². The summed E-state index contributed by atoms with van der Waals surface area (Å²) in [6.07, 6.45) is -12.9. The Balaban J connectivity index is 2.17. The summed E-state index contributed by atoms with van der Waals surface area (Å²) >= 11 is 0. The molecule has 0 unspecified atom stereocenters. The van der Waals surface area contributed by atoms with Gasteiger partial charge in [0.25, 0.3) is 0 Å². The number of hydrogen-bond acceptors (Lipinski definition) is 4. The van der Waals surface area contributed by atoms with Crippen LogP contribution in [0.3, 0.4) is 0 Å². The highest BCUT2D eigenvalue weighted by Gasteiger charge is 2.49. The van der Waals surface area contributed by atoms with E-state index in [9.17, 15) is 52.7 Å². The molecule has 0 N–H and O–H groups in total. The van der Waals surface area contributed by atoms with Crippen molar-refractivity contribution in [3.8, 4) is 0 Å². The fourth-order valence-electron chi connectivity index (χ4n) is 4.52. The van der Waals surface area contributed by atoms with E-state index in [-0.39, 0.29) is 14.2 Å². The molecule has 0 aromatic heterocycles. The Morgan fingerprint density at radius 3 is 0.528 bits per heavy atom. The summed E-state index contributed by atoms with van der Waals surface area (Å²) in [6.45, 7) is 0. The molecular formula is C29H8F20O4. The average Bonchev–Trinajstić information content (AvgIpc) is 3.14. The Kier molecular flexibility index (Phi) is 11.3. The SMILES string of the molecule is COC(OC)(OC(c1c(F)c(F)c(F)c(F)c1F)c1c(F)c(F)c(F)c(F)c1F)OC(c1c(F)c(F)c(F)c(F)c1F)c1c(F)c(F)c(F)c(F)c1F. The van der Waals surface area contributed by atoms with Crippen LogP contribution in [0.15, 0.2) is 0 Å². The van der Waals surface area contributed by atoms with Crippen LogP contribution in [0.1, 0.15) is 34.5 Å². The highest BCUT2D eigenvalue weighted by Crippen LogP contribution is 2.45. The van der Waals surface area contributed by atoms with E-state index in [0.717, 1.165) is 0 Å². The van der Waals surface area contributed by atoms with Crippen molar-refractivity contribution in [3.63, 3.8) is 0 Å². The lowest BCUT2D eigenvalue weighted by Crippen LogP contribution is -2.44. The van der Waals surface area contributed by atoms with E-state index in [0.29, 0.717) is 0 Å². The van der Waals surface area contributed by atoms with E-state index in [2.05, 4.69) is 18.9 Å². The van der Waals surface area contributed by atoms with Crippen molar-refractivity contribution in [2.45, 2.75) is 18.4 Å². The summed E-state index contributed by atoms with van der Waals surface area (Å²) in [5.41, 5.74) is -11.1. The van der Waals surface area contributed by atoms with E-state index in [1.165, 1.54) is 0 Å². The van der Waals surface area contributed by atoms with Crippen LogP contribution in [0.2, 0.25) is 0 Å². The van der Waals surface area contributed by atoms with Crippen LogP contribution in [-0.2, 0) is 18.9 Å². The second-order valence-electron chi connectivity index (χ2n) is 9.84. The summed E-state index contributed by atoms with van der Waals surface area (Å²) in [6, 6.07) is 0. The number of ether oxygens (including phenoxy) is 4. The maximum absolute atomic E-state index is 15.1. The highest BCUT2D eigenvalue weighted by molar-refractivity contribution is 5.39. The van der Waals surface area contributed by atoms with Gasteiger partial charge in [0.05, 0.1) is 22.3 Å². The molecule has 0 amide bonds. The van der Waals surface area contributed by atoms with Crippen LogP contribution in [0.5, 0.6) is 0 Å². The molecule has 0 heterocycles. The summed E-state index contributed by atoms with van der Waals surface area (Å²) in [7, 11) is 0.0948. The Morgan fingerprint density at radius 2 is 0.396 bits per heavy atom. The molecule has 0 saturated carbocycles. The highest BCUT2D eigenvalue weighted by atomic mass is 19.2. The van der Waals surface area contributed by atoms with Gasteiger partial charge in [-0.25, -0.2) is 87.8 Å². The predicted octanol–water partition coefficient (Wildman–Crippen LogP) is 9.28. The molecular weight excluding hydrogens is 792 g/mol. The van der Waals surface area contributed by atoms with E-state index in [1.54, 1.807) is 0 Å². The van der Waals surface area contributed by atoms with E-state index >= 15 is 35.1 Å². The van der Waals surface area contributed by atoms with E-state index in [4.69, 9.17) is 0 Å². The van der Waals surface area contributed by atoms with Crippen LogP contribution in [0.4, 0.5) is 87.8 Å². The molecule has 0 spiro atoms. The first-order valence-corrected chi connectivity index (χ1v) is 13.0. The Morgan fingerprint density at radius 1 is 0.264 bits per heavy atom. The van der Waals surface area contributed by atoms with Gasteiger partial charge < -0.3 is 9.47 Å². The molecule has 0 atom stereocenters. The number of halogens is 20. The average molecular weight is 800 g/mol. The molecule has 4 aromatic rings. The lowest BCUT2D eigenvalue weighted by Gasteiger charge is -2.37. The van der Waals surface area contributed by atoms with Gasteiger partial charge in [-0.15, -0.1) is 0 Å². The van der Waals surface area contributed by atoms with Crippen molar-refractivity contribution in [2.24, 2.45) is 0 Å². The molecule has 0 aliphatic carbocycles. The Hall–Kier alpha value is -4.68. The predicted molar refractivity (Wildman–Crippen MR) is 128 cm³/mol. The van der Waals surface area contributed by atoms with Gasteiger partial charge in [-0.05, 0) is 0 Å². The smallest absolute Gasteiger partial charge is 0.307 e. The van der Waals surface area contributed by atoms with E-state index < -0.39 is 157 Å². The van der Waals surface area contributed by atoms with Gasteiger partial charge in [0.1, 0.15) is 12.2 Å². The minimum atomic E-state index is -4.57. The molecule has 0 saturated heterocycles. The standard InChI is InChI=1S/C29H8F20O4/c1-50-29(51-2,52-27(3-7(30)15(38)23(46)16(39)8(3)31)4-9(32)17(40)24(47)18(41)10(4)33)53-28(5-11(34)19(42)25(48)20(43)12(5)35)6-13(36)21(44)26(49)22(45)14(6)37/h27-28H,1-2H3. The lowest BCUT2D eigenvalue weighted by molar-refractivity contribution is -0.503. The zero-order valence-corrected chi connectivity index (χ0v) is 24.8. The number of benzene rings is 4. The van der Waals surface area contributed by atoms with Crippen LogP contribution in [0.25, 0.3) is 0 Å². The zero-order chi connectivity index (χ0) is 40.3. The summed E-state index contributed by atoms with van der Waals surface area (Å²) in [4.78, 5) is 0. The minimum absolute atomic E-state index is 0.0474. The maximum Gasteiger partial charge on any atom is 0.414 e. The molecule has 0 bridgehead atoms. The van der Waals surface area contributed by atoms with Crippen LogP contribution in [-0.4, -0.2) is 20.4 Å². The number of methoxy groups -OCH3 is 2. The van der Waals surface area contributed by atoms with Gasteiger partial charge in [0.15, 0.2) is 93.1 Å². The molecule has 0 aliphatic rings. The molecule has 288 valence electrons. The topological polar surface area (TPSA) is 36.9 Å². The van der Waals surface area contributed by atoms with Gasteiger partial charge in [0, 0.05) is 14.2 Å². The first-order valence-electron chi connectivity index (χ1n) is 13.0.